The van der Waals surface area contributed by atoms with Crippen LogP contribution in [0.4, 0.5) is 15.9 Å². The molecular formula is C13H11Br2FN2. The van der Waals surface area contributed by atoms with E-state index in [0.29, 0.717) is 4.47 Å². The molecule has 94 valence electrons. The second-order valence-electron chi connectivity index (χ2n) is 4.03. The summed E-state index contributed by atoms with van der Waals surface area (Å²) in [7, 11) is 0. The van der Waals surface area contributed by atoms with E-state index in [9.17, 15) is 4.39 Å². The highest BCUT2D eigenvalue weighted by Gasteiger charge is 2.07. The predicted octanol–water partition coefficient (Wildman–Crippen LogP) is 5.11. The molecule has 0 unspecified atom stereocenters. The van der Waals surface area contributed by atoms with Crippen LogP contribution in [0.2, 0.25) is 0 Å². The van der Waals surface area contributed by atoms with E-state index < -0.39 is 0 Å². The Labute approximate surface area is 122 Å². The molecule has 0 atom stereocenters. The Morgan fingerprint density at radius 2 is 1.83 bits per heavy atom. The average Bonchev–Trinajstić information content (AvgIpc) is 2.29. The van der Waals surface area contributed by atoms with Crippen LogP contribution in [0.5, 0.6) is 0 Å². The van der Waals surface area contributed by atoms with Gasteiger partial charge in [0.05, 0.1) is 4.47 Å². The summed E-state index contributed by atoms with van der Waals surface area (Å²) in [6.45, 7) is 3.82. The average molecular weight is 374 g/mol. The van der Waals surface area contributed by atoms with E-state index in [1.54, 1.807) is 12.3 Å². The second-order valence-corrected chi connectivity index (χ2v) is 5.80. The minimum Gasteiger partial charge on any atom is -0.340 e. The molecule has 0 saturated carbocycles. The maximum Gasteiger partial charge on any atom is 0.137 e. The molecule has 5 heteroatoms. The molecule has 0 fully saturated rings. The quantitative estimate of drug-likeness (QED) is 0.791. The summed E-state index contributed by atoms with van der Waals surface area (Å²) in [6.07, 6.45) is 1.73. The molecule has 2 rings (SSSR count). The van der Waals surface area contributed by atoms with Crippen LogP contribution in [0.25, 0.3) is 0 Å². The number of aromatic nitrogens is 1. The van der Waals surface area contributed by atoms with Crippen LogP contribution in [0.15, 0.2) is 33.3 Å². The molecule has 2 nitrogen and oxygen atoms in total. The van der Waals surface area contributed by atoms with Gasteiger partial charge in [-0.2, -0.15) is 0 Å². The molecule has 0 aliphatic heterocycles. The van der Waals surface area contributed by atoms with E-state index in [0.717, 1.165) is 27.1 Å². The van der Waals surface area contributed by atoms with Gasteiger partial charge in [0.25, 0.3) is 0 Å². The highest BCUT2D eigenvalue weighted by Crippen LogP contribution is 2.28. The zero-order valence-electron chi connectivity index (χ0n) is 9.89. The number of hydrogen-bond acceptors (Lipinski definition) is 2. The lowest BCUT2D eigenvalue weighted by Crippen LogP contribution is -1.99. The number of rotatable bonds is 2. The summed E-state index contributed by atoms with van der Waals surface area (Å²) < 4.78 is 14.7. The van der Waals surface area contributed by atoms with Gasteiger partial charge in [0.1, 0.15) is 11.6 Å². The fourth-order valence-electron chi connectivity index (χ4n) is 1.58. The van der Waals surface area contributed by atoms with Gasteiger partial charge in [-0.05, 0) is 75.0 Å². The number of aryl methyl sites for hydroxylation is 2. The van der Waals surface area contributed by atoms with Gasteiger partial charge in [0, 0.05) is 16.4 Å². The zero-order valence-corrected chi connectivity index (χ0v) is 13.1. The lowest BCUT2D eigenvalue weighted by Gasteiger charge is -2.12. The maximum absolute atomic E-state index is 13.3. The van der Waals surface area contributed by atoms with Crippen molar-refractivity contribution in [3.63, 3.8) is 0 Å². The summed E-state index contributed by atoms with van der Waals surface area (Å²) in [5, 5.41) is 3.21. The van der Waals surface area contributed by atoms with Crippen molar-refractivity contribution in [3.8, 4) is 0 Å². The largest absolute Gasteiger partial charge is 0.340 e. The first-order chi connectivity index (χ1) is 8.47. The van der Waals surface area contributed by atoms with E-state index in [4.69, 9.17) is 0 Å². The predicted molar refractivity (Wildman–Crippen MR) is 78.8 cm³/mol. The number of anilines is 2. The Morgan fingerprint density at radius 1 is 1.11 bits per heavy atom. The van der Waals surface area contributed by atoms with E-state index in [-0.39, 0.29) is 5.82 Å². The van der Waals surface area contributed by atoms with Crippen LogP contribution in [0, 0.1) is 19.7 Å². The normalized spacial score (nSPS) is 10.5. The van der Waals surface area contributed by atoms with Crippen molar-refractivity contribution in [2.45, 2.75) is 13.8 Å². The van der Waals surface area contributed by atoms with Crippen molar-refractivity contribution in [1.29, 1.82) is 0 Å². The standard InChI is InChI=1S/C13H11Br2FN2/c1-7-4-11(16)10(15)5-12(7)18-13-8(2)3-9(14)6-17-13/h3-6H,1-2H3,(H,17,18). The third-order valence-corrected chi connectivity index (χ3v) is 3.61. The van der Waals surface area contributed by atoms with Crippen molar-refractivity contribution < 1.29 is 4.39 Å². The third kappa shape index (κ3) is 2.90. The summed E-state index contributed by atoms with van der Waals surface area (Å²) in [5.74, 6) is 0.498. The van der Waals surface area contributed by atoms with Gasteiger partial charge >= 0.3 is 0 Å². The molecule has 0 spiro atoms. The molecule has 2 aromatic rings. The molecule has 0 amide bonds. The van der Waals surface area contributed by atoms with Crippen molar-refractivity contribution >= 4 is 43.4 Å². The van der Waals surface area contributed by atoms with E-state index >= 15 is 0 Å². The molecule has 0 aliphatic rings. The van der Waals surface area contributed by atoms with E-state index in [1.165, 1.54) is 6.07 Å². The Kier molecular flexibility index (Phi) is 4.02. The van der Waals surface area contributed by atoms with Gasteiger partial charge < -0.3 is 5.32 Å². The van der Waals surface area contributed by atoms with Crippen LogP contribution in [0.1, 0.15) is 11.1 Å². The fraction of sp³-hybridized carbons (Fsp3) is 0.154. The van der Waals surface area contributed by atoms with Crippen LogP contribution in [-0.4, -0.2) is 4.98 Å². The Balaban J connectivity index is 2.37. The monoisotopic (exact) mass is 372 g/mol. The number of nitrogens with zero attached hydrogens (tertiary/aromatic N) is 1. The molecule has 1 heterocycles. The SMILES string of the molecule is Cc1cc(F)c(Br)cc1Nc1ncc(Br)cc1C. The van der Waals surface area contributed by atoms with Gasteiger partial charge in [-0.15, -0.1) is 0 Å². The lowest BCUT2D eigenvalue weighted by atomic mass is 10.2. The van der Waals surface area contributed by atoms with Gasteiger partial charge in [-0.1, -0.05) is 0 Å². The van der Waals surface area contributed by atoms with Crippen LogP contribution >= 0.6 is 31.9 Å². The Hall–Kier alpha value is -0.940. The second kappa shape index (κ2) is 5.36. The van der Waals surface area contributed by atoms with Crippen LogP contribution in [-0.2, 0) is 0 Å². The molecule has 0 bridgehead atoms. The number of pyridine rings is 1. The lowest BCUT2D eigenvalue weighted by molar-refractivity contribution is 0.620. The third-order valence-electron chi connectivity index (χ3n) is 2.57. The summed E-state index contributed by atoms with van der Waals surface area (Å²) in [6, 6.07) is 5.18. The highest BCUT2D eigenvalue weighted by atomic mass is 79.9. The van der Waals surface area contributed by atoms with E-state index in [2.05, 4.69) is 42.2 Å². The van der Waals surface area contributed by atoms with E-state index in [1.807, 2.05) is 19.9 Å². The number of benzene rings is 1. The first kappa shape index (κ1) is 13.5. The minimum atomic E-state index is -0.265. The molecule has 18 heavy (non-hydrogen) atoms. The van der Waals surface area contributed by atoms with Crippen molar-refractivity contribution in [2.75, 3.05) is 5.32 Å². The Bertz CT molecular complexity index is 600. The number of nitrogens with one attached hydrogen (secondary N) is 1. The maximum atomic E-state index is 13.3. The van der Waals surface area contributed by atoms with Crippen molar-refractivity contribution in [2.24, 2.45) is 0 Å². The number of halogens is 3. The molecule has 1 aromatic heterocycles. The molecule has 0 saturated heterocycles. The Morgan fingerprint density at radius 3 is 2.50 bits per heavy atom. The zero-order chi connectivity index (χ0) is 13.3. The molecule has 0 aliphatic carbocycles. The summed E-state index contributed by atoms with van der Waals surface area (Å²) in [5.41, 5.74) is 2.69. The van der Waals surface area contributed by atoms with Crippen LogP contribution < -0.4 is 5.32 Å². The first-order valence-electron chi connectivity index (χ1n) is 5.32. The summed E-state index contributed by atoms with van der Waals surface area (Å²) in [4.78, 5) is 4.30. The van der Waals surface area contributed by atoms with Gasteiger partial charge in [-0.3, -0.25) is 0 Å². The first-order valence-corrected chi connectivity index (χ1v) is 6.91. The van der Waals surface area contributed by atoms with Crippen molar-refractivity contribution in [3.05, 3.63) is 50.3 Å². The highest BCUT2D eigenvalue weighted by molar-refractivity contribution is 9.10. The molecule has 1 N–H and O–H groups in total. The molecular weight excluding hydrogens is 363 g/mol. The summed E-state index contributed by atoms with van der Waals surface area (Å²) >= 11 is 6.55. The van der Waals surface area contributed by atoms with Crippen molar-refractivity contribution in [1.82, 2.24) is 4.98 Å². The topological polar surface area (TPSA) is 24.9 Å². The van der Waals surface area contributed by atoms with Gasteiger partial charge in [0.15, 0.2) is 0 Å². The molecule has 1 aromatic carbocycles. The van der Waals surface area contributed by atoms with Crippen LogP contribution in [0.3, 0.4) is 0 Å². The van der Waals surface area contributed by atoms with Gasteiger partial charge in [0.2, 0.25) is 0 Å². The minimum absolute atomic E-state index is 0.265. The molecule has 0 radical (unpaired) electrons. The van der Waals surface area contributed by atoms with Gasteiger partial charge in [-0.25, -0.2) is 9.37 Å². The number of hydrogen-bond donors (Lipinski definition) is 1. The smallest absolute Gasteiger partial charge is 0.137 e. The fourth-order valence-corrected chi connectivity index (χ4v) is 2.37.